The number of halogens is 3. The number of carbonyl (C=O) groups is 4. The lowest BCUT2D eigenvalue weighted by molar-refractivity contribution is -0.138. The van der Waals surface area contributed by atoms with Gasteiger partial charge in [0, 0.05) is 189 Å². The molecule has 5 aromatic heterocycles. The summed E-state index contributed by atoms with van der Waals surface area (Å²) >= 11 is 0. The van der Waals surface area contributed by atoms with E-state index in [0.717, 1.165) is 151 Å². The minimum Gasteiger partial charge on any atom is -0.496 e. The number of pyridine rings is 1. The van der Waals surface area contributed by atoms with Crippen LogP contribution in [-0.2, 0) is 49.1 Å². The maximum Gasteiger partial charge on any atom is 0.419 e. The summed E-state index contributed by atoms with van der Waals surface area (Å²) in [5, 5.41) is 18.8. The van der Waals surface area contributed by atoms with Crippen molar-refractivity contribution in [3.05, 3.63) is 293 Å². The average molecular weight is 1760 g/mol. The molecule has 0 unspecified atom stereocenters. The largest absolute Gasteiger partial charge is 0.496 e. The third kappa shape index (κ3) is 15.7. The van der Waals surface area contributed by atoms with Crippen molar-refractivity contribution in [3.8, 4) is 79.9 Å². The van der Waals surface area contributed by atoms with Gasteiger partial charge >= 0.3 is 6.18 Å². The van der Waals surface area contributed by atoms with E-state index in [9.17, 15) is 32.3 Å². The van der Waals surface area contributed by atoms with Gasteiger partial charge in [-0.15, -0.1) is 0 Å². The summed E-state index contributed by atoms with van der Waals surface area (Å²) < 4.78 is 96.9. The van der Waals surface area contributed by atoms with E-state index in [1.165, 1.54) is 19.2 Å². The highest BCUT2D eigenvalue weighted by atomic mass is 19.4. The summed E-state index contributed by atoms with van der Waals surface area (Å²) in [6.07, 6.45) is 11.4. The van der Waals surface area contributed by atoms with E-state index in [0.29, 0.717) is 100 Å². The highest BCUT2D eigenvalue weighted by Crippen LogP contribution is 2.54. The van der Waals surface area contributed by atoms with Crippen LogP contribution in [0.25, 0.3) is 44.8 Å². The Hall–Kier alpha value is -13.8. The number of nitrogens with zero attached hydrogens (tertiary/aromatic N) is 11. The zero-order valence-corrected chi connectivity index (χ0v) is 73.9. The van der Waals surface area contributed by atoms with E-state index in [1.807, 2.05) is 199 Å². The van der Waals surface area contributed by atoms with Gasteiger partial charge in [-0.05, 0) is 197 Å². The van der Waals surface area contributed by atoms with E-state index < -0.39 is 40.1 Å². The minimum absolute atomic E-state index is 0. The van der Waals surface area contributed by atoms with Crippen molar-refractivity contribution >= 4 is 34.5 Å². The Morgan fingerprint density at radius 3 is 1.57 bits per heavy atom. The van der Waals surface area contributed by atoms with Crippen molar-refractivity contribution < 1.29 is 76.8 Å². The number of piperidine rings is 4. The fourth-order valence-corrected chi connectivity index (χ4v) is 20.3. The first-order valence-corrected chi connectivity index (χ1v) is 44.4. The molecule has 1 N–H and O–H groups in total. The second-order valence-corrected chi connectivity index (χ2v) is 35.6. The molecule has 4 amide bonds. The Morgan fingerprint density at radius 1 is 0.508 bits per heavy atom. The number of likely N-dealkylation sites (tertiary alicyclic amines) is 4. The molecule has 0 bridgehead atoms. The van der Waals surface area contributed by atoms with Gasteiger partial charge in [0.1, 0.15) is 69.4 Å². The first-order chi connectivity index (χ1) is 62.7. The zero-order chi connectivity index (χ0) is 90.2. The third-order valence-electron chi connectivity index (χ3n) is 26.6. The van der Waals surface area contributed by atoms with Crippen LogP contribution in [0.2, 0.25) is 0 Å². The van der Waals surface area contributed by atoms with E-state index in [2.05, 4.69) is 80.8 Å². The number of aliphatic hydroxyl groups excluding tert-OH is 1. The standard InChI is InChI=1S/C28H28N4O3.C26H27N3O3.C25H23F3N2O3.C24H24N2O4.H2/c1-18(2)34-23-11-10-21(25-19(23)8-6-14-29-25)27(33)32-15-12-28(13-16-32)22-17-30-31(3)26(22)20-7-4-5-9-24(20)35-28;1-25(2)15-18-14-17(8-9-21(18)31-25)24(30)29-12-10-26(11-13-29)20-16-27-28(3)23(20)19-6-4-5-7-22(19)32-26;1-16-9-12-30-19-5-3-4-6-21(19)33-24(22(16)30)10-13-29(14-11-24)23(31)17-7-8-20(32-2)18(15-17)25(26,27)28;27-16-17-29-19-9-7-18(8-10-19)23(28)25-14-11-24(12-15-25)22-6-3-13-26(22)20-4-1-2-5-21(20)30-24;/h4-11,14,17-18H,12-13,15-16H2,1-3H3;4-9,14,16H,10-13,15H2,1-3H3;3-9,12,15H,10-11,13-14H2,1-2H3;1-10,13,27H,11-12,14-17H2;1H. The van der Waals surface area contributed by atoms with Gasteiger partial charge in [-0.25, -0.2) is 0 Å². The number of hydrogen-bond donors (Lipinski definition) is 1. The molecule has 27 heteroatoms. The highest BCUT2D eigenvalue weighted by Gasteiger charge is 2.51. The second-order valence-electron chi connectivity index (χ2n) is 35.6. The summed E-state index contributed by atoms with van der Waals surface area (Å²) in [7, 11) is 5.13. The molecule has 0 aliphatic carbocycles. The van der Waals surface area contributed by atoms with E-state index >= 15 is 0 Å². The lowest BCUT2D eigenvalue weighted by Crippen LogP contribution is -2.50. The van der Waals surface area contributed by atoms with Crippen molar-refractivity contribution in [2.24, 2.45) is 14.1 Å². The van der Waals surface area contributed by atoms with Crippen molar-refractivity contribution in [2.75, 3.05) is 72.7 Å². The molecule has 9 aliphatic rings. The first kappa shape index (κ1) is 85.6. The summed E-state index contributed by atoms with van der Waals surface area (Å²) in [6, 6.07) is 62.3. The fraction of sp³-hybridized carbons (Fsp3) is 0.330. The molecule has 24 nitrogen and oxygen atoms in total. The fourth-order valence-electron chi connectivity index (χ4n) is 20.3. The number of amides is 4. The van der Waals surface area contributed by atoms with Gasteiger partial charge in [-0.3, -0.25) is 33.5 Å². The Morgan fingerprint density at radius 2 is 1.00 bits per heavy atom. The van der Waals surface area contributed by atoms with Crippen LogP contribution in [0.4, 0.5) is 13.2 Å². The smallest absolute Gasteiger partial charge is 0.419 e. The molecule has 8 aromatic carbocycles. The van der Waals surface area contributed by atoms with Crippen molar-refractivity contribution in [2.45, 2.75) is 133 Å². The average Bonchev–Trinajstić information content (AvgIpc) is 1.67. The van der Waals surface area contributed by atoms with Crippen LogP contribution in [0, 0.1) is 6.92 Å². The number of methoxy groups -OCH3 is 1. The van der Waals surface area contributed by atoms with E-state index in [-0.39, 0.29) is 55.4 Å². The van der Waals surface area contributed by atoms with Crippen LogP contribution < -0.4 is 37.9 Å². The normalized spacial score (nSPS) is 17.2. The number of aliphatic hydroxyl groups is 1. The highest BCUT2D eigenvalue weighted by molar-refractivity contribution is 6.07. The number of hydrogen-bond acceptors (Lipinski definition) is 16. The first-order valence-electron chi connectivity index (χ1n) is 44.4. The van der Waals surface area contributed by atoms with Crippen molar-refractivity contribution in [3.63, 3.8) is 0 Å². The molecular weight excluding hydrogens is 1660 g/mol. The topological polar surface area (TPSA) is 234 Å². The minimum atomic E-state index is -4.61. The molecule has 4 fully saturated rings. The van der Waals surface area contributed by atoms with Gasteiger partial charge in [0.15, 0.2) is 11.2 Å². The Kier molecular flexibility index (Phi) is 22.4. The van der Waals surface area contributed by atoms with E-state index in [1.54, 1.807) is 35.4 Å². The molecule has 22 rings (SSSR count). The van der Waals surface area contributed by atoms with Gasteiger partial charge in [0.25, 0.3) is 23.6 Å². The lowest BCUT2D eigenvalue weighted by atomic mass is 9.81. The van der Waals surface area contributed by atoms with Crippen LogP contribution in [0.1, 0.15) is 161 Å². The predicted molar refractivity (Wildman–Crippen MR) is 485 cm³/mol. The number of carbonyl (C=O) groups excluding carboxylic acids is 4. The summed E-state index contributed by atoms with van der Waals surface area (Å²) in [6.45, 7) is 14.9. The maximum atomic E-state index is 13.7. The molecule has 4 spiro atoms. The van der Waals surface area contributed by atoms with Crippen LogP contribution in [0.15, 0.2) is 231 Å². The molecule has 0 radical (unpaired) electrons. The van der Waals surface area contributed by atoms with Gasteiger partial charge in [-0.2, -0.15) is 23.4 Å². The van der Waals surface area contributed by atoms with Gasteiger partial charge < -0.3 is 71.7 Å². The SMILES string of the molecule is CC(C)Oc1ccc(C(=O)N2CCC3(CC2)Oc2ccccc2-c2c3cnn2C)c2ncccc12.COc1ccc(C(=O)N2CCC3(CC2)Oc2ccccc2-n2ccc(C)c23)cc1C(F)(F)F.Cn1ncc2c1-c1ccccc1OC21CCN(C(=O)c2ccc3c(c2)CC(C)(C)O3)CC1.O=C(c1ccc(OCCO)cc1)N1CCC2(CC1)Oc1ccccc1-n1cccc12.[HH]. The predicted octanol–water partition coefficient (Wildman–Crippen LogP) is 18.2. The Labute approximate surface area is 752 Å². The lowest BCUT2D eigenvalue weighted by Gasteiger charge is -2.45. The molecular formula is C103H104F3N11O13. The Bertz CT molecular complexity index is 6500. The van der Waals surface area contributed by atoms with Crippen LogP contribution in [0.3, 0.4) is 0 Å². The number of aromatic nitrogens is 7. The molecule has 130 heavy (non-hydrogen) atoms. The maximum absolute atomic E-state index is 13.7. The van der Waals surface area contributed by atoms with Crippen molar-refractivity contribution in [1.82, 2.24) is 53.3 Å². The number of aryl methyl sites for hydroxylation is 3. The monoisotopic (exact) mass is 1760 g/mol. The van der Waals surface area contributed by atoms with Gasteiger partial charge in [0.05, 0.1) is 83.0 Å². The molecule has 4 saturated heterocycles. The molecule has 0 atom stereocenters. The second kappa shape index (κ2) is 34.0. The number of ether oxygens (including phenoxy) is 8. The molecule has 14 heterocycles. The zero-order valence-electron chi connectivity index (χ0n) is 73.9. The third-order valence-corrected chi connectivity index (χ3v) is 26.6. The quantitative estimate of drug-likeness (QED) is 0.134. The molecule has 0 saturated carbocycles. The van der Waals surface area contributed by atoms with Crippen LogP contribution >= 0.6 is 0 Å². The summed E-state index contributed by atoms with van der Waals surface area (Å²) in [5.74, 6) is 5.07. The molecule has 13 aromatic rings. The molecule has 9 aliphatic heterocycles. The number of benzene rings is 8. The number of fused-ring (bicyclic) bond motifs is 18. The molecule has 670 valence electrons. The van der Waals surface area contributed by atoms with Crippen LogP contribution in [-0.4, -0.2) is 166 Å². The number of para-hydroxylation sites is 6. The van der Waals surface area contributed by atoms with E-state index in [4.69, 9.17) is 43.0 Å². The van der Waals surface area contributed by atoms with Crippen molar-refractivity contribution in [1.29, 1.82) is 0 Å². The number of alkyl halides is 3. The van der Waals surface area contributed by atoms with Gasteiger partial charge in [0.2, 0.25) is 0 Å². The Balaban J connectivity index is 0.000000117. The van der Waals surface area contributed by atoms with Gasteiger partial charge in [-0.1, -0.05) is 48.5 Å². The summed E-state index contributed by atoms with van der Waals surface area (Å²) in [4.78, 5) is 64.9. The van der Waals surface area contributed by atoms with Crippen LogP contribution in [0.5, 0.6) is 46.0 Å². The number of rotatable bonds is 10. The summed E-state index contributed by atoms with van der Waals surface area (Å²) in [5.41, 5.74) is 12.6.